The van der Waals surface area contributed by atoms with E-state index in [1.807, 2.05) is 0 Å². The number of thioether (sulfide) groups is 1. The lowest BCUT2D eigenvalue weighted by molar-refractivity contribution is -0.143. The van der Waals surface area contributed by atoms with Gasteiger partial charge in [-0.3, -0.25) is 24.2 Å². The number of carboxylic acids is 2. The number of carbonyl (C=O) groups is 5. The number of guanidine groups is 1. The van der Waals surface area contributed by atoms with Gasteiger partial charge in [-0.25, -0.2) is 4.79 Å². The van der Waals surface area contributed by atoms with Gasteiger partial charge in [0, 0.05) is 6.54 Å². The Morgan fingerprint density at radius 3 is 1.94 bits per heavy atom. The largest absolute Gasteiger partial charge is 0.481 e. The maximum absolute atomic E-state index is 12.9. The van der Waals surface area contributed by atoms with Crippen LogP contribution in [0.25, 0.3) is 0 Å². The van der Waals surface area contributed by atoms with Crippen LogP contribution >= 0.6 is 11.8 Å². The lowest BCUT2D eigenvalue weighted by Crippen LogP contribution is -2.58. The molecule has 16 heteroatoms. The van der Waals surface area contributed by atoms with Crippen LogP contribution < -0.4 is 33.2 Å². The van der Waals surface area contributed by atoms with Crippen LogP contribution in [0, 0.1) is 0 Å². The van der Waals surface area contributed by atoms with E-state index in [2.05, 4.69) is 20.9 Å². The first-order valence-corrected chi connectivity index (χ1v) is 12.0. The van der Waals surface area contributed by atoms with E-state index in [4.69, 9.17) is 17.2 Å². The Morgan fingerprint density at radius 2 is 1.46 bits per heavy atom. The third-order valence-corrected chi connectivity index (χ3v) is 5.28. The normalized spacial score (nSPS) is 15.0. The van der Waals surface area contributed by atoms with Crippen molar-refractivity contribution in [3.63, 3.8) is 0 Å². The van der Waals surface area contributed by atoms with Gasteiger partial charge in [0.05, 0.1) is 12.5 Å². The molecule has 0 aliphatic carbocycles. The topological polar surface area (TPSA) is 273 Å². The molecule has 0 aliphatic rings. The van der Waals surface area contributed by atoms with E-state index in [-0.39, 0.29) is 31.8 Å². The molecule has 15 nitrogen and oxygen atoms in total. The summed E-state index contributed by atoms with van der Waals surface area (Å²) in [6, 6.07) is -5.55. The van der Waals surface area contributed by atoms with Crippen molar-refractivity contribution in [3.8, 4) is 0 Å². The van der Waals surface area contributed by atoms with E-state index in [0.717, 1.165) is 0 Å². The van der Waals surface area contributed by atoms with Gasteiger partial charge in [0.15, 0.2) is 5.96 Å². The smallest absolute Gasteiger partial charge is 0.326 e. The van der Waals surface area contributed by atoms with Crippen molar-refractivity contribution in [2.45, 2.75) is 62.9 Å². The van der Waals surface area contributed by atoms with Crippen LogP contribution in [0.1, 0.15) is 32.6 Å². The predicted molar refractivity (Wildman–Crippen MR) is 128 cm³/mol. The number of aliphatic hydroxyl groups excluding tert-OH is 1. The number of hydrogen-bond acceptors (Lipinski definition) is 9. The minimum atomic E-state index is -1.63. The number of nitrogens with two attached hydrogens (primary N) is 3. The molecule has 0 aromatic rings. The molecule has 0 rings (SSSR count). The SMILES string of the molecule is CSCCC(NC(=O)C(CC(=O)O)NC(=O)C(CCCN=C(N)N)NC(=O)C(N)C(C)O)C(=O)O. The summed E-state index contributed by atoms with van der Waals surface area (Å²) in [7, 11) is 0. The Bertz CT molecular complexity index is 776. The average molecular weight is 522 g/mol. The van der Waals surface area contributed by atoms with Crippen molar-refractivity contribution in [2.24, 2.45) is 22.2 Å². The van der Waals surface area contributed by atoms with Gasteiger partial charge >= 0.3 is 11.9 Å². The number of nitrogens with one attached hydrogen (secondary N) is 3. The molecule has 0 fully saturated rings. The summed E-state index contributed by atoms with van der Waals surface area (Å²) in [5.74, 6) is -5.29. The summed E-state index contributed by atoms with van der Waals surface area (Å²) in [4.78, 5) is 64.2. The molecule has 0 spiro atoms. The number of hydrogen-bond donors (Lipinski definition) is 9. The summed E-state index contributed by atoms with van der Waals surface area (Å²) in [6.45, 7) is 1.39. The van der Waals surface area contributed by atoms with E-state index >= 15 is 0 Å². The highest BCUT2D eigenvalue weighted by Gasteiger charge is 2.31. The van der Waals surface area contributed by atoms with Crippen molar-refractivity contribution in [2.75, 3.05) is 18.6 Å². The Morgan fingerprint density at radius 1 is 0.914 bits per heavy atom. The van der Waals surface area contributed by atoms with Crippen molar-refractivity contribution >= 4 is 47.4 Å². The molecule has 5 atom stereocenters. The van der Waals surface area contributed by atoms with Gasteiger partial charge in [-0.1, -0.05) is 0 Å². The number of carboxylic acid groups (broad SMARTS) is 2. The maximum atomic E-state index is 12.9. The Labute approximate surface area is 206 Å². The molecule has 0 aliphatic heterocycles. The first-order valence-electron chi connectivity index (χ1n) is 10.6. The Hall–Kier alpha value is -3.11. The fourth-order valence-electron chi connectivity index (χ4n) is 2.68. The van der Waals surface area contributed by atoms with Gasteiger partial charge in [-0.15, -0.1) is 0 Å². The molecule has 0 saturated carbocycles. The highest BCUT2D eigenvalue weighted by Crippen LogP contribution is 2.05. The van der Waals surface area contributed by atoms with Crippen molar-refractivity contribution < 1.29 is 39.3 Å². The molecular weight excluding hydrogens is 486 g/mol. The summed E-state index contributed by atoms with van der Waals surface area (Å²) in [5.41, 5.74) is 16.1. The summed E-state index contributed by atoms with van der Waals surface area (Å²) < 4.78 is 0. The van der Waals surface area contributed by atoms with Gasteiger partial charge in [-0.2, -0.15) is 11.8 Å². The van der Waals surface area contributed by atoms with Gasteiger partial charge in [0.25, 0.3) is 0 Å². The first kappa shape index (κ1) is 31.9. The third kappa shape index (κ3) is 13.4. The number of aliphatic hydroxyl groups is 1. The number of aliphatic carboxylic acids is 2. The second kappa shape index (κ2) is 16.5. The average Bonchev–Trinajstić information content (AvgIpc) is 2.76. The zero-order valence-electron chi connectivity index (χ0n) is 19.6. The number of nitrogens with zero attached hydrogens (tertiary/aromatic N) is 1. The highest BCUT2D eigenvalue weighted by molar-refractivity contribution is 7.98. The molecule has 3 amide bonds. The van der Waals surface area contributed by atoms with Gasteiger partial charge in [0.2, 0.25) is 17.7 Å². The second-order valence-electron chi connectivity index (χ2n) is 7.62. The van der Waals surface area contributed by atoms with Gasteiger partial charge in [-0.05, 0) is 38.2 Å². The first-order chi connectivity index (χ1) is 16.3. The Kier molecular flexibility index (Phi) is 15.0. The van der Waals surface area contributed by atoms with Crippen LogP contribution in [-0.4, -0.2) is 99.8 Å². The molecule has 0 aromatic heterocycles. The molecule has 0 aromatic carbocycles. The second-order valence-corrected chi connectivity index (χ2v) is 8.60. The summed E-state index contributed by atoms with van der Waals surface area (Å²) in [5, 5.41) is 34.8. The molecule has 5 unspecified atom stereocenters. The summed E-state index contributed by atoms with van der Waals surface area (Å²) in [6.07, 6.45) is -0.0378. The van der Waals surface area contributed by atoms with Crippen molar-refractivity contribution in [1.82, 2.24) is 16.0 Å². The minimum Gasteiger partial charge on any atom is -0.481 e. The minimum absolute atomic E-state index is 0.0201. The quantitative estimate of drug-likeness (QED) is 0.0512. The Balaban J connectivity index is 5.59. The third-order valence-electron chi connectivity index (χ3n) is 4.64. The van der Waals surface area contributed by atoms with E-state index in [1.165, 1.54) is 18.7 Å². The maximum Gasteiger partial charge on any atom is 0.326 e. The molecule has 0 radical (unpaired) electrons. The van der Waals surface area contributed by atoms with Gasteiger partial charge < -0.3 is 48.5 Å². The molecule has 0 saturated heterocycles. The van der Waals surface area contributed by atoms with E-state index in [9.17, 15) is 39.3 Å². The van der Waals surface area contributed by atoms with Gasteiger partial charge in [0.1, 0.15) is 24.2 Å². The van der Waals surface area contributed by atoms with Crippen LogP contribution in [0.2, 0.25) is 0 Å². The molecule has 12 N–H and O–H groups in total. The number of aliphatic imine (C=N–C) groups is 1. The zero-order valence-corrected chi connectivity index (χ0v) is 20.4. The van der Waals surface area contributed by atoms with Crippen molar-refractivity contribution in [3.05, 3.63) is 0 Å². The highest BCUT2D eigenvalue weighted by atomic mass is 32.2. The molecule has 0 bridgehead atoms. The molecule has 35 heavy (non-hydrogen) atoms. The van der Waals surface area contributed by atoms with Crippen LogP contribution in [0.4, 0.5) is 0 Å². The lowest BCUT2D eigenvalue weighted by Gasteiger charge is -2.25. The number of carbonyl (C=O) groups excluding carboxylic acids is 3. The monoisotopic (exact) mass is 521 g/mol. The molecular formula is C19H35N7O8S. The number of amides is 3. The predicted octanol–water partition coefficient (Wildman–Crippen LogP) is -3.49. The lowest BCUT2D eigenvalue weighted by atomic mass is 10.1. The summed E-state index contributed by atoms with van der Waals surface area (Å²) >= 11 is 1.36. The zero-order chi connectivity index (χ0) is 27.1. The standard InChI is InChI=1S/C19H35N7O8S/c1-9(27)14(20)17(32)24-10(4-3-6-23-19(21)22)15(30)26-12(8-13(28)29)16(31)25-11(18(33)34)5-7-35-2/h9-12,14,27H,3-8,20H2,1-2H3,(H,24,32)(H,25,31)(H,26,30)(H,28,29)(H,33,34)(H4,21,22,23). The molecule has 0 heterocycles. The van der Waals surface area contributed by atoms with E-state index < -0.39 is 66.4 Å². The molecule has 200 valence electrons. The van der Waals surface area contributed by atoms with Crippen molar-refractivity contribution in [1.29, 1.82) is 0 Å². The van der Waals surface area contributed by atoms with Crippen LogP contribution in [0.3, 0.4) is 0 Å². The van der Waals surface area contributed by atoms with E-state index in [0.29, 0.717) is 5.75 Å². The van der Waals surface area contributed by atoms with Crippen LogP contribution in [-0.2, 0) is 24.0 Å². The fourth-order valence-corrected chi connectivity index (χ4v) is 3.15. The van der Waals surface area contributed by atoms with E-state index in [1.54, 1.807) is 6.26 Å². The van der Waals surface area contributed by atoms with Crippen LogP contribution in [0.5, 0.6) is 0 Å². The van der Waals surface area contributed by atoms with Crippen LogP contribution in [0.15, 0.2) is 4.99 Å². The number of rotatable bonds is 17. The fraction of sp³-hybridized carbons (Fsp3) is 0.684.